The van der Waals surface area contributed by atoms with Crippen molar-refractivity contribution < 1.29 is 13.9 Å². The Morgan fingerprint density at radius 1 is 1.35 bits per heavy atom. The quantitative estimate of drug-likeness (QED) is 0.691. The fourth-order valence-corrected chi connectivity index (χ4v) is 3.95. The Labute approximate surface area is 158 Å². The topological polar surface area (TPSA) is 68.5 Å². The molecule has 1 saturated heterocycles. The van der Waals surface area contributed by atoms with Crippen molar-refractivity contribution in [3.63, 3.8) is 0 Å². The summed E-state index contributed by atoms with van der Waals surface area (Å²) < 4.78 is 10.5. The number of hydrogen-bond donors (Lipinski definition) is 0. The fraction of sp³-hybridized carbons (Fsp3) is 0.526. The monoisotopic (exact) mass is 375 g/mol. The Morgan fingerprint density at radius 3 is 2.85 bits per heavy atom. The summed E-state index contributed by atoms with van der Waals surface area (Å²) in [7, 11) is 1.68. The van der Waals surface area contributed by atoms with Crippen LogP contribution in [0.5, 0.6) is 5.75 Å². The Bertz CT molecular complexity index is 717. The second-order valence-electron chi connectivity index (χ2n) is 6.61. The van der Waals surface area contributed by atoms with E-state index in [1.165, 1.54) is 23.7 Å². The molecule has 0 radical (unpaired) electrons. The number of hydrogen-bond acceptors (Lipinski definition) is 6. The molecule has 3 rings (SSSR count). The van der Waals surface area contributed by atoms with Gasteiger partial charge in [0.15, 0.2) is 0 Å². The molecular formula is C19H25N3O3S. The van der Waals surface area contributed by atoms with Gasteiger partial charge >= 0.3 is 0 Å². The molecule has 1 aliphatic heterocycles. The first-order chi connectivity index (χ1) is 12.6. The molecule has 7 heteroatoms. The number of nitrogens with zero attached hydrogens (tertiary/aromatic N) is 3. The molecule has 1 aliphatic rings. The molecule has 0 bridgehead atoms. The summed E-state index contributed by atoms with van der Waals surface area (Å²) >= 11 is 1.31. The number of ether oxygens (including phenoxy) is 1. The minimum atomic E-state index is 0.153. The normalized spacial score (nSPS) is 17.3. The molecule has 2 heterocycles. The van der Waals surface area contributed by atoms with Gasteiger partial charge in [-0.15, -0.1) is 10.2 Å². The summed E-state index contributed by atoms with van der Waals surface area (Å²) in [5.74, 6) is 2.48. The summed E-state index contributed by atoms with van der Waals surface area (Å²) in [6.45, 7) is 3.44. The minimum Gasteiger partial charge on any atom is -0.497 e. The highest BCUT2D eigenvalue weighted by Crippen LogP contribution is 2.24. The first-order valence-electron chi connectivity index (χ1n) is 8.97. The Hall–Kier alpha value is -2.02. The van der Waals surface area contributed by atoms with Crippen LogP contribution in [-0.2, 0) is 11.2 Å². The lowest BCUT2D eigenvalue weighted by atomic mass is 9.91. The number of methoxy groups -OCH3 is 1. The van der Waals surface area contributed by atoms with E-state index in [0.717, 1.165) is 38.1 Å². The standard InChI is InChI=1S/C19H25N3O3S/c1-14-20-21-19(25-14)26-13-18(23)22-11-3-4-16(12-22)6-5-15-7-9-17(24-2)10-8-15/h7-10,16H,3-6,11-13H2,1-2H3. The summed E-state index contributed by atoms with van der Waals surface area (Å²) in [5, 5.41) is 8.16. The van der Waals surface area contributed by atoms with Crippen LogP contribution in [0.2, 0.25) is 0 Å². The molecule has 26 heavy (non-hydrogen) atoms. The summed E-state index contributed by atoms with van der Waals surface area (Å²) in [5.41, 5.74) is 1.32. The molecule has 0 N–H and O–H groups in total. The zero-order chi connectivity index (χ0) is 18.4. The maximum Gasteiger partial charge on any atom is 0.277 e. The van der Waals surface area contributed by atoms with Crippen LogP contribution < -0.4 is 4.74 Å². The van der Waals surface area contributed by atoms with Crippen molar-refractivity contribution in [3.05, 3.63) is 35.7 Å². The summed E-state index contributed by atoms with van der Waals surface area (Å²) in [6.07, 6.45) is 4.40. The molecule has 1 aromatic heterocycles. The van der Waals surface area contributed by atoms with Crippen molar-refractivity contribution in [2.45, 2.75) is 37.8 Å². The van der Waals surface area contributed by atoms with Gasteiger partial charge < -0.3 is 14.1 Å². The smallest absolute Gasteiger partial charge is 0.277 e. The van der Waals surface area contributed by atoms with Crippen molar-refractivity contribution >= 4 is 17.7 Å². The maximum absolute atomic E-state index is 12.5. The maximum atomic E-state index is 12.5. The molecule has 0 spiro atoms. The van der Waals surface area contributed by atoms with Crippen LogP contribution >= 0.6 is 11.8 Å². The number of thioether (sulfide) groups is 1. The zero-order valence-electron chi connectivity index (χ0n) is 15.3. The third kappa shape index (κ3) is 5.24. The number of aryl methyl sites for hydroxylation is 2. The first kappa shape index (κ1) is 18.8. The average Bonchev–Trinajstić information content (AvgIpc) is 3.10. The van der Waals surface area contributed by atoms with Gasteiger partial charge in [-0.05, 0) is 49.3 Å². The van der Waals surface area contributed by atoms with Crippen LogP contribution in [0.15, 0.2) is 33.9 Å². The van der Waals surface area contributed by atoms with Crippen LogP contribution in [0.1, 0.15) is 30.7 Å². The van der Waals surface area contributed by atoms with E-state index < -0.39 is 0 Å². The van der Waals surface area contributed by atoms with Gasteiger partial charge in [0.25, 0.3) is 5.22 Å². The van der Waals surface area contributed by atoms with Gasteiger partial charge in [0, 0.05) is 20.0 Å². The highest BCUT2D eigenvalue weighted by Gasteiger charge is 2.24. The van der Waals surface area contributed by atoms with Crippen LogP contribution in [0.25, 0.3) is 0 Å². The predicted molar refractivity (Wildman–Crippen MR) is 100 cm³/mol. The van der Waals surface area contributed by atoms with Crippen LogP contribution in [0.4, 0.5) is 0 Å². The number of rotatable bonds is 7. The largest absolute Gasteiger partial charge is 0.497 e. The fourth-order valence-electron chi connectivity index (χ4n) is 3.24. The van der Waals surface area contributed by atoms with Crippen LogP contribution in [0, 0.1) is 12.8 Å². The van der Waals surface area contributed by atoms with Gasteiger partial charge in [-0.25, -0.2) is 0 Å². The zero-order valence-corrected chi connectivity index (χ0v) is 16.1. The first-order valence-corrected chi connectivity index (χ1v) is 9.96. The Balaban J connectivity index is 1.44. The third-order valence-electron chi connectivity index (χ3n) is 4.70. The highest BCUT2D eigenvalue weighted by atomic mass is 32.2. The van der Waals surface area contributed by atoms with E-state index in [9.17, 15) is 4.79 Å². The van der Waals surface area contributed by atoms with Gasteiger partial charge in [0.05, 0.1) is 12.9 Å². The number of piperidine rings is 1. The van der Waals surface area contributed by atoms with Crippen LogP contribution in [0.3, 0.4) is 0 Å². The van der Waals surface area contributed by atoms with Gasteiger partial charge in [-0.2, -0.15) is 0 Å². The number of aromatic nitrogens is 2. The lowest BCUT2D eigenvalue weighted by molar-refractivity contribution is -0.130. The molecule has 0 aliphatic carbocycles. The second-order valence-corrected chi connectivity index (χ2v) is 7.54. The van der Waals surface area contributed by atoms with E-state index in [0.29, 0.717) is 22.8 Å². The van der Waals surface area contributed by atoms with Crippen LogP contribution in [-0.4, -0.2) is 47.0 Å². The van der Waals surface area contributed by atoms with E-state index in [2.05, 4.69) is 22.3 Å². The molecule has 1 fully saturated rings. The predicted octanol–water partition coefficient (Wildman–Crippen LogP) is 3.35. The molecule has 1 unspecified atom stereocenters. The molecule has 1 atom stereocenters. The van der Waals surface area contributed by atoms with Crippen molar-refractivity contribution in [2.24, 2.45) is 5.92 Å². The molecule has 1 aromatic carbocycles. The molecule has 6 nitrogen and oxygen atoms in total. The number of carbonyl (C=O) groups is 1. The molecule has 2 aromatic rings. The van der Waals surface area contributed by atoms with E-state index in [4.69, 9.17) is 9.15 Å². The van der Waals surface area contributed by atoms with E-state index in [-0.39, 0.29) is 5.91 Å². The summed E-state index contributed by atoms with van der Waals surface area (Å²) in [4.78, 5) is 14.5. The van der Waals surface area contributed by atoms with Gasteiger partial charge in [-0.1, -0.05) is 23.9 Å². The number of benzene rings is 1. The lowest BCUT2D eigenvalue weighted by Gasteiger charge is -2.32. The van der Waals surface area contributed by atoms with Crippen molar-refractivity contribution in [1.82, 2.24) is 15.1 Å². The molecular weight excluding hydrogens is 350 g/mol. The van der Waals surface area contributed by atoms with Gasteiger partial charge in [0.2, 0.25) is 11.8 Å². The molecule has 140 valence electrons. The number of amides is 1. The number of carbonyl (C=O) groups excluding carboxylic acids is 1. The van der Waals surface area contributed by atoms with E-state index in [1.54, 1.807) is 14.0 Å². The highest BCUT2D eigenvalue weighted by molar-refractivity contribution is 7.99. The lowest BCUT2D eigenvalue weighted by Crippen LogP contribution is -2.41. The Kier molecular flexibility index (Phi) is 6.55. The van der Waals surface area contributed by atoms with E-state index >= 15 is 0 Å². The number of likely N-dealkylation sites (tertiary alicyclic amines) is 1. The SMILES string of the molecule is COc1ccc(CCC2CCCN(C(=O)CSc3nnc(C)o3)C2)cc1. The average molecular weight is 375 g/mol. The van der Waals surface area contributed by atoms with Gasteiger partial charge in [0.1, 0.15) is 5.75 Å². The van der Waals surface area contributed by atoms with E-state index in [1.807, 2.05) is 17.0 Å². The summed E-state index contributed by atoms with van der Waals surface area (Å²) in [6, 6.07) is 8.24. The van der Waals surface area contributed by atoms with Crippen molar-refractivity contribution in [2.75, 3.05) is 26.0 Å². The van der Waals surface area contributed by atoms with Gasteiger partial charge in [-0.3, -0.25) is 4.79 Å². The second kappa shape index (κ2) is 9.07. The molecule has 0 saturated carbocycles. The van der Waals surface area contributed by atoms with Crippen molar-refractivity contribution in [1.29, 1.82) is 0 Å². The Morgan fingerprint density at radius 2 is 2.15 bits per heavy atom. The van der Waals surface area contributed by atoms with Crippen molar-refractivity contribution in [3.8, 4) is 5.75 Å². The minimum absolute atomic E-state index is 0.153. The molecule has 1 amide bonds. The third-order valence-corrected chi connectivity index (χ3v) is 5.50.